The molecule has 8 atom stereocenters. The molecule has 0 spiro atoms. The summed E-state index contributed by atoms with van der Waals surface area (Å²) in [6.07, 6.45) is 8.09. The topological polar surface area (TPSA) is 65.0 Å². The first-order valence-electron chi connectivity index (χ1n) is 11.4. The molecule has 1 saturated carbocycles. The second kappa shape index (κ2) is 7.06. The molecule has 2 aliphatic carbocycles. The number of carbonyl (C=O) groups is 1. The summed E-state index contributed by atoms with van der Waals surface area (Å²) in [6, 6.07) is 0. The minimum absolute atomic E-state index is 0.0249. The van der Waals surface area contributed by atoms with E-state index in [2.05, 4.69) is 40.7 Å². The molecule has 1 N–H and O–H groups in total. The first-order chi connectivity index (χ1) is 13.5. The van der Waals surface area contributed by atoms with Crippen molar-refractivity contribution in [2.45, 2.75) is 103 Å². The maximum atomic E-state index is 11.3. The van der Waals surface area contributed by atoms with Crippen molar-refractivity contribution >= 4 is 5.97 Å². The monoisotopic (exact) mass is 406 g/mol. The van der Waals surface area contributed by atoms with Crippen LogP contribution in [0.2, 0.25) is 0 Å². The third-order valence-electron chi connectivity index (χ3n) is 8.87. The van der Waals surface area contributed by atoms with Crippen LogP contribution >= 0.6 is 0 Å². The van der Waals surface area contributed by atoms with E-state index in [1.807, 2.05) is 0 Å². The van der Waals surface area contributed by atoms with E-state index in [0.29, 0.717) is 24.2 Å². The van der Waals surface area contributed by atoms with E-state index in [1.54, 1.807) is 6.92 Å². The molecule has 5 nitrogen and oxygen atoms in total. The molecule has 4 aliphatic rings. The number of carboxylic acid groups (broad SMARTS) is 1. The molecule has 3 fully saturated rings. The summed E-state index contributed by atoms with van der Waals surface area (Å²) in [4.78, 5) is 22.8. The molecular formula is C24H38O5. The number of rotatable bonds is 3. The van der Waals surface area contributed by atoms with Crippen LogP contribution in [0.4, 0.5) is 0 Å². The van der Waals surface area contributed by atoms with Gasteiger partial charge in [0.15, 0.2) is 0 Å². The van der Waals surface area contributed by atoms with Gasteiger partial charge in [0.05, 0.1) is 17.6 Å². The predicted molar refractivity (Wildman–Crippen MR) is 110 cm³/mol. The zero-order chi connectivity index (χ0) is 21.2. The van der Waals surface area contributed by atoms with Crippen LogP contribution in [0.3, 0.4) is 0 Å². The highest BCUT2D eigenvalue weighted by Crippen LogP contribution is 2.62. The summed E-state index contributed by atoms with van der Waals surface area (Å²) in [7, 11) is 0. The summed E-state index contributed by atoms with van der Waals surface area (Å²) in [5.74, 6) is 0.385. The van der Waals surface area contributed by atoms with E-state index in [9.17, 15) is 9.90 Å². The Morgan fingerprint density at radius 2 is 1.93 bits per heavy atom. The third kappa shape index (κ3) is 3.47. The Morgan fingerprint density at radius 1 is 1.21 bits per heavy atom. The lowest BCUT2D eigenvalue weighted by Gasteiger charge is -2.55. The standard InChI is InChI=1S/C24H38O5/c1-14-7-8-17-16(11-14)13-24(6)19(22(17,3)4)12-20(27-24)23(5)10-9-18(28-29-23)15(2)21(25)26/h11,15-20H,7-10,12-13H2,1-6H3,(H,25,26)/t15-,16+,17+,18-,19-,20-,23+,24-/m1/s1. The van der Waals surface area contributed by atoms with Crippen LogP contribution in [-0.4, -0.2) is 34.5 Å². The molecule has 0 amide bonds. The molecule has 0 aromatic heterocycles. The van der Waals surface area contributed by atoms with Crippen molar-refractivity contribution in [2.24, 2.45) is 29.1 Å². The Hall–Kier alpha value is -0.910. The molecule has 0 unspecified atom stereocenters. The minimum Gasteiger partial charge on any atom is -0.481 e. The van der Waals surface area contributed by atoms with Crippen molar-refractivity contribution < 1.29 is 24.4 Å². The molecule has 0 aromatic carbocycles. The summed E-state index contributed by atoms with van der Waals surface area (Å²) >= 11 is 0. The normalized spacial score (nSPS) is 47.7. The molecule has 5 heteroatoms. The van der Waals surface area contributed by atoms with Crippen LogP contribution in [0.15, 0.2) is 11.6 Å². The summed E-state index contributed by atoms with van der Waals surface area (Å²) in [6.45, 7) is 13.2. The lowest BCUT2D eigenvalue weighted by Crippen LogP contribution is -2.53. The van der Waals surface area contributed by atoms with E-state index >= 15 is 0 Å². The van der Waals surface area contributed by atoms with Gasteiger partial charge in [-0.2, -0.15) is 0 Å². The highest BCUT2D eigenvalue weighted by Gasteiger charge is 2.62. The van der Waals surface area contributed by atoms with Crippen LogP contribution in [0.25, 0.3) is 0 Å². The zero-order valence-corrected chi connectivity index (χ0v) is 18.9. The number of ether oxygens (including phenoxy) is 1. The van der Waals surface area contributed by atoms with Crippen LogP contribution in [0.5, 0.6) is 0 Å². The quantitative estimate of drug-likeness (QED) is 0.519. The van der Waals surface area contributed by atoms with E-state index in [1.165, 1.54) is 18.4 Å². The summed E-state index contributed by atoms with van der Waals surface area (Å²) in [5.41, 5.74) is 1.06. The molecule has 164 valence electrons. The van der Waals surface area contributed by atoms with E-state index in [0.717, 1.165) is 19.3 Å². The van der Waals surface area contributed by atoms with Gasteiger partial charge in [0.1, 0.15) is 11.7 Å². The molecule has 2 aliphatic heterocycles. The van der Waals surface area contributed by atoms with Crippen LogP contribution < -0.4 is 0 Å². The van der Waals surface area contributed by atoms with Crippen LogP contribution in [0, 0.1) is 29.1 Å². The number of hydrogen-bond donors (Lipinski definition) is 1. The summed E-state index contributed by atoms with van der Waals surface area (Å²) < 4.78 is 6.81. The summed E-state index contributed by atoms with van der Waals surface area (Å²) in [5, 5.41) is 9.26. The number of hydrogen-bond acceptors (Lipinski definition) is 4. The largest absolute Gasteiger partial charge is 0.481 e. The number of carboxylic acids is 1. The fourth-order valence-electron chi connectivity index (χ4n) is 6.98. The number of aliphatic carboxylic acids is 1. The van der Waals surface area contributed by atoms with Gasteiger partial charge in [0.2, 0.25) is 0 Å². The Bertz CT molecular complexity index is 689. The maximum Gasteiger partial charge on any atom is 0.308 e. The van der Waals surface area contributed by atoms with Gasteiger partial charge >= 0.3 is 5.97 Å². The van der Waals surface area contributed by atoms with Crippen LogP contribution in [0.1, 0.15) is 80.1 Å². The molecule has 4 rings (SSSR count). The Balaban J connectivity index is 1.51. The average Bonchev–Trinajstić information content (AvgIpc) is 3.00. The SMILES string of the molecule is CC1=C[C@H]2C[C@@]3(C)O[C@@H]([C@]4(C)CC[C@H]([C@@H](C)C(=O)O)OO4)C[C@@H]3C(C)(C)[C@H]2CC1. The average molecular weight is 407 g/mol. The lowest BCUT2D eigenvalue weighted by molar-refractivity contribution is -0.425. The van der Waals surface area contributed by atoms with Gasteiger partial charge in [-0.1, -0.05) is 25.5 Å². The molecule has 2 heterocycles. The Kier molecular flexibility index (Phi) is 5.20. The maximum absolute atomic E-state index is 11.3. The van der Waals surface area contributed by atoms with Crippen molar-refractivity contribution in [3.63, 3.8) is 0 Å². The van der Waals surface area contributed by atoms with E-state index < -0.39 is 23.6 Å². The number of fused-ring (bicyclic) bond motifs is 2. The van der Waals surface area contributed by atoms with Gasteiger partial charge in [-0.05, 0) is 89.4 Å². The molecule has 2 saturated heterocycles. The number of allylic oxidation sites excluding steroid dienone is 2. The van der Waals surface area contributed by atoms with Gasteiger partial charge < -0.3 is 9.84 Å². The third-order valence-corrected chi connectivity index (χ3v) is 8.87. The highest BCUT2D eigenvalue weighted by atomic mass is 17.2. The van der Waals surface area contributed by atoms with Gasteiger partial charge in [-0.15, -0.1) is 0 Å². The molecule has 0 radical (unpaired) electrons. The lowest BCUT2D eigenvalue weighted by atomic mass is 9.51. The highest BCUT2D eigenvalue weighted by molar-refractivity contribution is 5.70. The zero-order valence-electron chi connectivity index (χ0n) is 18.9. The fourth-order valence-corrected chi connectivity index (χ4v) is 6.98. The van der Waals surface area contributed by atoms with E-state index in [4.69, 9.17) is 14.5 Å². The van der Waals surface area contributed by atoms with Crippen molar-refractivity contribution in [3.8, 4) is 0 Å². The van der Waals surface area contributed by atoms with Crippen LogP contribution in [-0.2, 0) is 19.3 Å². The minimum atomic E-state index is -0.842. The second-order valence-corrected chi connectivity index (χ2v) is 11.3. The molecular weight excluding hydrogens is 368 g/mol. The second-order valence-electron chi connectivity index (χ2n) is 11.3. The predicted octanol–water partition coefficient (Wildman–Crippen LogP) is 5.14. The van der Waals surface area contributed by atoms with Crippen molar-refractivity contribution in [1.82, 2.24) is 0 Å². The first kappa shape index (κ1) is 21.3. The van der Waals surface area contributed by atoms with Gasteiger partial charge in [-0.3, -0.25) is 4.79 Å². The molecule has 0 aromatic rings. The van der Waals surface area contributed by atoms with Gasteiger partial charge in [0, 0.05) is 0 Å². The first-order valence-corrected chi connectivity index (χ1v) is 11.4. The van der Waals surface area contributed by atoms with Crippen molar-refractivity contribution in [3.05, 3.63) is 11.6 Å². The fraction of sp³-hybridized carbons (Fsp3) is 0.875. The van der Waals surface area contributed by atoms with Gasteiger partial charge in [0.25, 0.3) is 0 Å². The molecule has 0 bridgehead atoms. The van der Waals surface area contributed by atoms with Crippen molar-refractivity contribution in [1.29, 1.82) is 0 Å². The van der Waals surface area contributed by atoms with Gasteiger partial charge in [-0.25, -0.2) is 9.78 Å². The Morgan fingerprint density at radius 3 is 2.55 bits per heavy atom. The molecule has 29 heavy (non-hydrogen) atoms. The Labute approximate surface area is 175 Å². The van der Waals surface area contributed by atoms with Crippen molar-refractivity contribution in [2.75, 3.05) is 0 Å². The van der Waals surface area contributed by atoms with E-state index in [-0.39, 0.29) is 17.1 Å². The smallest absolute Gasteiger partial charge is 0.308 e.